The summed E-state index contributed by atoms with van der Waals surface area (Å²) in [5.74, 6) is 0.470. The van der Waals surface area contributed by atoms with Gasteiger partial charge in [-0.1, -0.05) is 47.6 Å². The Morgan fingerprint density at radius 3 is 2.48 bits per heavy atom. The number of hydrogen-bond acceptors (Lipinski definition) is 8. The molecule has 1 aromatic heterocycles. The van der Waals surface area contributed by atoms with Crippen LogP contribution in [0.25, 0.3) is 10.8 Å². The van der Waals surface area contributed by atoms with Gasteiger partial charge < -0.3 is 9.47 Å². The van der Waals surface area contributed by atoms with Gasteiger partial charge in [0.15, 0.2) is 5.03 Å². The molecule has 0 bridgehead atoms. The van der Waals surface area contributed by atoms with E-state index in [1.165, 1.54) is 47.8 Å². The van der Waals surface area contributed by atoms with Crippen LogP contribution in [0.3, 0.4) is 0 Å². The molecule has 0 unspecified atom stereocenters. The minimum atomic E-state index is -3.86. The normalized spacial score (nSPS) is 16.8. The molecule has 1 heterocycles. The number of hydrazine groups is 1. The van der Waals surface area contributed by atoms with Crippen molar-refractivity contribution in [3.8, 4) is 5.75 Å². The van der Waals surface area contributed by atoms with Crippen LogP contribution >= 0.6 is 12.4 Å². The summed E-state index contributed by atoms with van der Waals surface area (Å²) >= 11 is 0. The lowest BCUT2D eigenvalue weighted by Gasteiger charge is -2.28. The van der Waals surface area contributed by atoms with Gasteiger partial charge in [0.1, 0.15) is 5.75 Å². The van der Waals surface area contributed by atoms with Gasteiger partial charge in [0.2, 0.25) is 15.7 Å². The zero-order valence-corrected chi connectivity index (χ0v) is 26.2. The van der Waals surface area contributed by atoms with Gasteiger partial charge in [0, 0.05) is 12.6 Å². The monoisotopic (exact) mass is 639 g/mol. The van der Waals surface area contributed by atoms with E-state index in [0.717, 1.165) is 32.1 Å². The zero-order chi connectivity index (χ0) is 30.2. The van der Waals surface area contributed by atoms with Crippen molar-refractivity contribution in [2.75, 3.05) is 13.7 Å². The smallest absolute Gasteiger partial charge is 0.236 e. The van der Waals surface area contributed by atoms with Crippen LogP contribution in [0, 0.1) is 5.92 Å². The van der Waals surface area contributed by atoms with E-state index in [-0.39, 0.29) is 46.8 Å². The van der Waals surface area contributed by atoms with Crippen LogP contribution in [0.1, 0.15) is 43.2 Å². The molecule has 0 spiro atoms. The van der Waals surface area contributed by atoms with Crippen molar-refractivity contribution in [1.82, 2.24) is 15.6 Å². The summed E-state index contributed by atoms with van der Waals surface area (Å²) in [6.07, 6.45) is 6.29. The highest BCUT2D eigenvalue weighted by Gasteiger charge is 2.25. The van der Waals surface area contributed by atoms with Crippen LogP contribution in [0.15, 0.2) is 95.0 Å². The Labute approximate surface area is 264 Å². The molecule has 0 atom stereocenters. The van der Waals surface area contributed by atoms with Gasteiger partial charge >= 0.3 is 0 Å². The van der Waals surface area contributed by atoms with Crippen molar-refractivity contribution < 1.29 is 27.9 Å². The minimum Gasteiger partial charge on any atom is -0.497 e. The lowest BCUT2D eigenvalue weighted by molar-refractivity contribution is -0.166. The molecule has 0 saturated heterocycles. The van der Waals surface area contributed by atoms with E-state index in [9.17, 15) is 18.4 Å². The first kappa shape index (κ1) is 33.4. The molecule has 11 heteroatoms. The van der Waals surface area contributed by atoms with Crippen LogP contribution in [0.5, 0.6) is 5.75 Å². The molecule has 1 aliphatic rings. The highest BCUT2D eigenvalue weighted by Crippen LogP contribution is 2.29. The molecule has 1 saturated carbocycles. The van der Waals surface area contributed by atoms with E-state index in [4.69, 9.17) is 9.47 Å². The SMILES string of the molecule is COc1ccc(S(=O)(=O)c2cc(CN(O)NC(=O)CC3CCC(OCCc4cccc5ccccc45)CC3)ccn2)cc1.Cl. The number of carbonyl (C=O) groups is 1. The second-order valence-corrected chi connectivity index (χ2v) is 12.8. The quantitative estimate of drug-likeness (QED) is 0.183. The average molecular weight is 640 g/mol. The first-order valence-corrected chi connectivity index (χ1v) is 16.0. The first-order chi connectivity index (χ1) is 20.8. The summed E-state index contributed by atoms with van der Waals surface area (Å²) < 4.78 is 37.3. The zero-order valence-electron chi connectivity index (χ0n) is 24.6. The molecule has 1 aliphatic carbocycles. The Bertz CT molecular complexity index is 1640. The van der Waals surface area contributed by atoms with Gasteiger partial charge in [-0.15, -0.1) is 12.4 Å². The molecule has 2 N–H and O–H groups in total. The predicted octanol–water partition coefficient (Wildman–Crippen LogP) is 5.93. The second-order valence-electron chi connectivity index (χ2n) is 10.9. The molecule has 234 valence electrons. The van der Waals surface area contributed by atoms with Crippen LogP contribution in [0.4, 0.5) is 0 Å². The maximum Gasteiger partial charge on any atom is 0.236 e. The van der Waals surface area contributed by atoms with E-state index in [1.54, 1.807) is 18.2 Å². The largest absolute Gasteiger partial charge is 0.497 e. The number of pyridine rings is 1. The minimum absolute atomic E-state index is 0. The number of halogens is 1. The molecule has 44 heavy (non-hydrogen) atoms. The standard InChI is InChI=1S/C33H37N3O6S.ClH/c1-41-28-13-15-30(16-14-28)43(39,40)33-22-25(17-19-34-33)23-36(38)35-32(37)21-24-9-11-29(12-10-24)42-20-18-27-7-4-6-26-5-2-3-8-31(26)27;/h2-8,13-17,19,22,24,29,38H,9-12,18,20-21,23H2,1H3,(H,35,37);1H. The number of hydrogen-bond donors (Lipinski definition) is 2. The first-order valence-electron chi connectivity index (χ1n) is 14.5. The molecule has 0 radical (unpaired) electrons. The number of hydroxylamine groups is 1. The van der Waals surface area contributed by atoms with Gasteiger partial charge in [-0.05, 0) is 96.3 Å². The van der Waals surface area contributed by atoms with Crippen molar-refractivity contribution in [2.45, 2.75) is 61.1 Å². The fraction of sp³-hybridized carbons (Fsp3) is 0.333. The molecule has 9 nitrogen and oxygen atoms in total. The summed E-state index contributed by atoms with van der Waals surface area (Å²) in [7, 11) is -2.36. The summed E-state index contributed by atoms with van der Waals surface area (Å²) in [5, 5.41) is 13.4. The third kappa shape index (κ3) is 8.55. The van der Waals surface area contributed by atoms with Crippen LogP contribution < -0.4 is 10.2 Å². The van der Waals surface area contributed by atoms with Crippen molar-refractivity contribution in [3.05, 3.63) is 96.2 Å². The number of amides is 1. The van der Waals surface area contributed by atoms with Gasteiger partial charge in [0.05, 0.1) is 31.3 Å². The third-order valence-corrected chi connectivity index (χ3v) is 9.57. The average Bonchev–Trinajstić information content (AvgIpc) is 3.02. The maximum atomic E-state index is 13.0. The molecule has 4 aromatic rings. The summed E-state index contributed by atoms with van der Waals surface area (Å²) in [5.41, 5.74) is 4.26. The number of fused-ring (bicyclic) bond motifs is 1. The van der Waals surface area contributed by atoms with Crippen LogP contribution in [-0.4, -0.2) is 49.5 Å². The predicted molar refractivity (Wildman–Crippen MR) is 169 cm³/mol. The lowest BCUT2D eigenvalue weighted by atomic mass is 9.85. The van der Waals surface area contributed by atoms with Crippen LogP contribution in [0.2, 0.25) is 0 Å². The Balaban J connectivity index is 0.00000442. The summed E-state index contributed by atoms with van der Waals surface area (Å²) in [6, 6.07) is 23.8. The molecule has 1 fully saturated rings. The third-order valence-electron chi connectivity index (χ3n) is 7.90. The van der Waals surface area contributed by atoms with Gasteiger partial charge in [-0.3, -0.25) is 15.4 Å². The Morgan fingerprint density at radius 1 is 1.00 bits per heavy atom. The number of methoxy groups -OCH3 is 1. The van der Waals surface area contributed by atoms with E-state index in [2.05, 4.69) is 52.9 Å². The molecule has 1 amide bonds. The highest BCUT2D eigenvalue weighted by atomic mass is 35.5. The fourth-order valence-electron chi connectivity index (χ4n) is 5.58. The number of nitrogens with one attached hydrogen (secondary N) is 1. The number of rotatable bonds is 12. The number of aromatic nitrogens is 1. The molecule has 3 aromatic carbocycles. The van der Waals surface area contributed by atoms with Crippen molar-refractivity contribution in [3.63, 3.8) is 0 Å². The Morgan fingerprint density at radius 2 is 1.73 bits per heavy atom. The van der Waals surface area contributed by atoms with Crippen molar-refractivity contribution >= 4 is 38.9 Å². The Hall–Kier alpha value is -3.54. The molecule has 0 aliphatic heterocycles. The number of benzene rings is 3. The maximum absolute atomic E-state index is 13.0. The second kappa shape index (κ2) is 15.5. The summed E-state index contributed by atoms with van der Waals surface area (Å²) in [6.45, 7) is 0.568. The summed E-state index contributed by atoms with van der Waals surface area (Å²) in [4.78, 5) is 16.7. The van der Waals surface area contributed by atoms with Crippen LogP contribution in [-0.2, 0) is 32.3 Å². The number of sulfone groups is 1. The molecular weight excluding hydrogens is 602 g/mol. The lowest BCUT2D eigenvalue weighted by Crippen LogP contribution is -2.40. The van der Waals surface area contributed by atoms with Gasteiger partial charge in [-0.25, -0.2) is 13.4 Å². The van der Waals surface area contributed by atoms with Crippen molar-refractivity contribution in [2.24, 2.45) is 5.92 Å². The van der Waals surface area contributed by atoms with E-state index >= 15 is 0 Å². The molecular formula is C33H38ClN3O6S. The number of nitrogens with zero attached hydrogens (tertiary/aromatic N) is 2. The van der Waals surface area contributed by atoms with Gasteiger partial charge in [0.25, 0.3) is 0 Å². The van der Waals surface area contributed by atoms with Gasteiger partial charge in [-0.2, -0.15) is 0 Å². The highest BCUT2D eigenvalue weighted by molar-refractivity contribution is 7.91. The van der Waals surface area contributed by atoms with E-state index in [0.29, 0.717) is 29.5 Å². The van der Waals surface area contributed by atoms with E-state index < -0.39 is 9.84 Å². The Kier molecular flexibility index (Phi) is 11.7. The van der Waals surface area contributed by atoms with Crippen molar-refractivity contribution in [1.29, 1.82) is 0 Å². The topological polar surface area (TPSA) is 118 Å². The number of carbonyl (C=O) groups excluding carboxylic acids is 1. The fourth-order valence-corrected chi connectivity index (χ4v) is 6.83. The van der Waals surface area contributed by atoms with E-state index in [1.807, 2.05) is 0 Å². The molecule has 5 rings (SSSR count). The number of ether oxygens (including phenoxy) is 2.